The van der Waals surface area contributed by atoms with Crippen LogP contribution in [-0.2, 0) is 5.41 Å². The molecule has 0 aliphatic heterocycles. The van der Waals surface area contributed by atoms with Crippen LogP contribution in [0.4, 0.5) is 4.39 Å². The summed E-state index contributed by atoms with van der Waals surface area (Å²) in [6, 6.07) is 0. The highest BCUT2D eigenvalue weighted by atomic mass is 19.1. The van der Waals surface area contributed by atoms with E-state index in [1.807, 2.05) is 20.8 Å². The van der Waals surface area contributed by atoms with E-state index in [1.54, 1.807) is 0 Å². The lowest BCUT2D eigenvalue weighted by atomic mass is 9.94. The SMILES string of the molecule is CC(C)(C)c1cnc(F)o1. The van der Waals surface area contributed by atoms with E-state index in [0.29, 0.717) is 5.76 Å². The van der Waals surface area contributed by atoms with Gasteiger partial charge in [-0.1, -0.05) is 20.8 Å². The molecule has 10 heavy (non-hydrogen) atoms. The van der Waals surface area contributed by atoms with Crippen molar-refractivity contribution in [2.75, 3.05) is 0 Å². The monoisotopic (exact) mass is 143 g/mol. The van der Waals surface area contributed by atoms with Crippen molar-refractivity contribution in [3.8, 4) is 0 Å². The maximum atomic E-state index is 12.2. The van der Waals surface area contributed by atoms with Gasteiger partial charge in [-0.25, -0.2) is 0 Å². The normalized spacial score (nSPS) is 12.0. The van der Waals surface area contributed by atoms with Gasteiger partial charge in [0.1, 0.15) is 5.76 Å². The Bertz CT molecular complexity index is 224. The van der Waals surface area contributed by atoms with Crippen LogP contribution in [-0.4, -0.2) is 4.98 Å². The molecule has 0 saturated carbocycles. The zero-order valence-corrected chi connectivity index (χ0v) is 6.31. The Morgan fingerprint density at radius 3 is 2.30 bits per heavy atom. The number of rotatable bonds is 0. The molecule has 1 aromatic rings. The Balaban J connectivity index is 2.96. The summed E-state index contributed by atoms with van der Waals surface area (Å²) in [6.07, 6.45) is 0.653. The molecule has 1 heterocycles. The molecule has 0 aliphatic rings. The van der Waals surface area contributed by atoms with Gasteiger partial charge in [-0.3, -0.25) is 0 Å². The van der Waals surface area contributed by atoms with Crippen molar-refractivity contribution in [2.24, 2.45) is 0 Å². The molecule has 1 aromatic heterocycles. The van der Waals surface area contributed by atoms with Crippen LogP contribution < -0.4 is 0 Å². The summed E-state index contributed by atoms with van der Waals surface area (Å²) in [5, 5.41) is 0. The minimum atomic E-state index is -0.759. The summed E-state index contributed by atoms with van der Waals surface area (Å²) in [4.78, 5) is 3.35. The molecule has 0 radical (unpaired) electrons. The van der Waals surface area contributed by atoms with Crippen LogP contribution >= 0.6 is 0 Å². The first-order chi connectivity index (χ1) is 4.50. The largest absolute Gasteiger partial charge is 0.419 e. The predicted octanol–water partition coefficient (Wildman–Crippen LogP) is 2.11. The number of hydrogen-bond donors (Lipinski definition) is 0. The van der Waals surface area contributed by atoms with Crippen LogP contribution in [0.3, 0.4) is 0 Å². The first-order valence-corrected chi connectivity index (χ1v) is 3.12. The molecule has 0 fully saturated rings. The molecule has 0 spiro atoms. The molecule has 0 bridgehead atoms. The fourth-order valence-corrected chi connectivity index (χ4v) is 0.600. The molecule has 3 heteroatoms. The molecule has 2 nitrogen and oxygen atoms in total. The first kappa shape index (κ1) is 7.25. The number of halogens is 1. The number of nitrogens with zero attached hydrogens (tertiary/aromatic N) is 1. The summed E-state index contributed by atoms with van der Waals surface area (Å²) in [7, 11) is 0. The molecule has 0 atom stereocenters. The third kappa shape index (κ3) is 1.35. The number of hydrogen-bond acceptors (Lipinski definition) is 2. The zero-order valence-electron chi connectivity index (χ0n) is 6.31. The van der Waals surface area contributed by atoms with Gasteiger partial charge in [0.15, 0.2) is 0 Å². The van der Waals surface area contributed by atoms with E-state index in [0.717, 1.165) is 0 Å². The van der Waals surface area contributed by atoms with Crippen LogP contribution in [0.1, 0.15) is 26.5 Å². The molecule has 0 unspecified atom stereocenters. The second-order valence-electron chi connectivity index (χ2n) is 3.23. The van der Waals surface area contributed by atoms with Gasteiger partial charge in [0, 0.05) is 5.41 Å². The second-order valence-corrected chi connectivity index (χ2v) is 3.23. The second kappa shape index (κ2) is 2.08. The third-order valence-electron chi connectivity index (χ3n) is 1.22. The van der Waals surface area contributed by atoms with E-state index in [-0.39, 0.29) is 5.41 Å². The van der Waals surface area contributed by atoms with Gasteiger partial charge in [-0.2, -0.15) is 4.98 Å². The Labute approximate surface area is 59.1 Å². The highest BCUT2D eigenvalue weighted by Gasteiger charge is 2.18. The van der Waals surface area contributed by atoms with Gasteiger partial charge in [-0.05, 0) is 0 Å². The highest BCUT2D eigenvalue weighted by molar-refractivity contribution is 5.03. The van der Waals surface area contributed by atoms with E-state index in [9.17, 15) is 4.39 Å². The molecule has 0 saturated heterocycles. The van der Waals surface area contributed by atoms with Gasteiger partial charge in [-0.15, -0.1) is 4.39 Å². The molecular formula is C7H10FNO. The number of aromatic nitrogens is 1. The van der Waals surface area contributed by atoms with Crippen LogP contribution in [0.25, 0.3) is 0 Å². The lowest BCUT2D eigenvalue weighted by Gasteiger charge is -2.12. The summed E-state index contributed by atoms with van der Waals surface area (Å²) in [5.41, 5.74) is -0.155. The van der Waals surface area contributed by atoms with Gasteiger partial charge in [0.05, 0.1) is 6.20 Å². The lowest BCUT2D eigenvalue weighted by molar-refractivity contribution is 0.289. The first-order valence-electron chi connectivity index (χ1n) is 3.12. The average Bonchev–Trinajstić information content (AvgIpc) is 2.11. The van der Waals surface area contributed by atoms with Gasteiger partial charge in [0.2, 0.25) is 0 Å². The van der Waals surface area contributed by atoms with Crippen molar-refractivity contribution >= 4 is 0 Å². The third-order valence-corrected chi connectivity index (χ3v) is 1.22. The molecular weight excluding hydrogens is 133 g/mol. The van der Waals surface area contributed by atoms with Gasteiger partial charge in [0.25, 0.3) is 0 Å². The highest BCUT2D eigenvalue weighted by Crippen LogP contribution is 2.21. The van der Waals surface area contributed by atoms with E-state index < -0.39 is 6.14 Å². The summed E-state index contributed by atoms with van der Waals surface area (Å²) in [5.74, 6) is 0.574. The van der Waals surface area contributed by atoms with Gasteiger partial charge >= 0.3 is 6.14 Å². The topological polar surface area (TPSA) is 26.0 Å². The molecule has 0 aromatic carbocycles. The van der Waals surface area contributed by atoms with E-state index >= 15 is 0 Å². The standard InChI is InChI=1S/C7H10FNO/c1-7(2,3)5-4-9-6(8)10-5/h4H,1-3H3. The number of oxazole rings is 1. The van der Waals surface area contributed by atoms with Crippen molar-refractivity contribution in [2.45, 2.75) is 26.2 Å². The zero-order chi connectivity index (χ0) is 7.78. The Morgan fingerprint density at radius 2 is 2.10 bits per heavy atom. The maximum Gasteiger partial charge on any atom is 0.381 e. The van der Waals surface area contributed by atoms with Crippen molar-refractivity contribution < 1.29 is 8.81 Å². The van der Waals surface area contributed by atoms with E-state index in [1.165, 1.54) is 6.20 Å². The smallest absolute Gasteiger partial charge is 0.381 e. The molecule has 1 rings (SSSR count). The summed E-state index contributed by atoms with van der Waals surface area (Å²) in [6.45, 7) is 5.81. The maximum absolute atomic E-state index is 12.2. The molecule has 56 valence electrons. The van der Waals surface area contributed by atoms with Crippen molar-refractivity contribution in [3.63, 3.8) is 0 Å². The quantitative estimate of drug-likeness (QED) is 0.556. The fraction of sp³-hybridized carbons (Fsp3) is 0.571. The Morgan fingerprint density at radius 1 is 1.50 bits per heavy atom. The van der Waals surface area contributed by atoms with Crippen LogP contribution in [0, 0.1) is 6.14 Å². The van der Waals surface area contributed by atoms with Crippen LogP contribution in [0.2, 0.25) is 0 Å². The molecule has 0 aliphatic carbocycles. The van der Waals surface area contributed by atoms with Crippen molar-refractivity contribution in [3.05, 3.63) is 18.1 Å². The average molecular weight is 143 g/mol. The molecule has 0 amide bonds. The Kier molecular flexibility index (Phi) is 1.50. The Hall–Kier alpha value is -0.860. The van der Waals surface area contributed by atoms with Crippen molar-refractivity contribution in [1.29, 1.82) is 0 Å². The summed E-state index contributed by atoms with van der Waals surface area (Å²) >= 11 is 0. The molecule has 0 N–H and O–H groups in total. The van der Waals surface area contributed by atoms with Crippen LogP contribution in [0.5, 0.6) is 0 Å². The van der Waals surface area contributed by atoms with E-state index in [4.69, 9.17) is 0 Å². The minimum absolute atomic E-state index is 0.155. The minimum Gasteiger partial charge on any atom is -0.419 e. The van der Waals surface area contributed by atoms with Crippen molar-refractivity contribution in [1.82, 2.24) is 4.98 Å². The lowest BCUT2D eigenvalue weighted by Crippen LogP contribution is -2.09. The summed E-state index contributed by atoms with van der Waals surface area (Å²) < 4.78 is 16.8. The van der Waals surface area contributed by atoms with Gasteiger partial charge < -0.3 is 4.42 Å². The fourth-order valence-electron chi connectivity index (χ4n) is 0.600. The van der Waals surface area contributed by atoms with E-state index in [2.05, 4.69) is 9.40 Å². The predicted molar refractivity (Wildman–Crippen MR) is 35.2 cm³/mol. The van der Waals surface area contributed by atoms with Crippen LogP contribution in [0.15, 0.2) is 10.6 Å².